The topological polar surface area (TPSA) is 63.2 Å². The van der Waals surface area contributed by atoms with Crippen LogP contribution in [0.2, 0.25) is 0 Å². The monoisotopic (exact) mass is 319 g/mol. The normalized spacial score (nSPS) is 20.1. The van der Waals surface area contributed by atoms with Crippen LogP contribution in [0.15, 0.2) is 29.4 Å². The fourth-order valence-electron chi connectivity index (χ4n) is 2.38. The second kappa shape index (κ2) is 7.46. The molecule has 6 heteroatoms. The smallest absolute Gasteiger partial charge is 0.267 e. The molecule has 126 valence electrons. The van der Waals surface area contributed by atoms with E-state index in [1.165, 1.54) is 0 Å². The van der Waals surface area contributed by atoms with Gasteiger partial charge in [0.05, 0.1) is 12.8 Å². The molecular weight excluding hydrogens is 294 g/mol. The summed E-state index contributed by atoms with van der Waals surface area (Å²) in [4.78, 5) is 19.9. The zero-order valence-corrected chi connectivity index (χ0v) is 14.3. The van der Waals surface area contributed by atoms with Gasteiger partial charge in [0.15, 0.2) is 0 Å². The molecule has 1 heterocycles. The molecule has 1 atom stereocenters. The van der Waals surface area contributed by atoms with E-state index in [-0.39, 0.29) is 5.91 Å². The number of hydrogen-bond donors (Lipinski definition) is 1. The SMILES string of the molecule is COc1ccc(C2=NOC(C)(C(=O)NCCCN(C)C)C2)cc1. The van der Waals surface area contributed by atoms with Crippen molar-refractivity contribution in [2.45, 2.75) is 25.4 Å². The van der Waals surface area contributed by atoms with Gasteiger partial charge in [0.2, 0.25) is 5.60 Å². The van der Waals surface area contributed by atoms with Gasteiger partial charge in [-0.3, -0.25) is 4.79 Å². The summed E-state index contributed by atoms with van der Waals surface area (Å²) >= 11 is 0. The molecule has 1 aromatic carbocycles. The van der Waals surface area contributed by atoms with Crippen LogP contribution in [-0.4, -0.2) is 56.4 Å². The summed E-state index contributed by atoms with van der Waals surface area (Å²) in [7, 11) is 5.65. The lowest BCUT2D eigenvalue weighted by molar-refractivity contribution is -0.141. The molecule has 0 radical (unpaired) electrons. The van der Waals surface area contributed by atoms with Crippen molar-refractivity contribution < 1.29 is 14.4 Å². The minimum absolute atomic E-state index is 0.122. The molecule has 0 bridgehead atoms. The Balaban J connectivity index is 1.89. The molecule has 1 amide bonds. The van der Waals surface area contributed by atoms with Crippen LogP contribution >= 0.6 is 0 Å². The van der Waals surface area contributed by atoms with Crippen LogP contribution < -0.4 is 10.1 Å². The van der Waals surface area contributed by atoms with Crippen molar-refractivity contribution in [3.8, 4) is 5.75 Å². The van der Waals surface area contributed by atoms with Crippen molar-refractivity contribution in [2.24, 2.45) is 5.16 Å². The molecule has 1 aliphatic rings. The van der Waals surface area contributed by atoms with Crippen molar-refractivity contribution in [3.63, 3.8) is 0 Å². The average Bonchev–Trinajstić information content (AvgIpc) is 2.95. The van der Waals surface area contributed by atoms with Crippen LogP contribution in [0.3, 0.4) is 0 Å². The van der Waals surface area contributed by atoms with Gasteiger partial charge in [-0.1, -0.05) is 5.16 Å². The van der Waals surface area contributed by atoms with Crippen LogP contribution in [0.25, 0.3) is 0 Å². The number of hydrogen-bond acceptors (Lipinski definition) is 5. The molecule has 1 aliphatic heterocycles. The second-order valence-electron chi connectivity index (χ2n) is 6.18. The Kier molecular flexibility index (Phi) is 5.60. The van der Waals surface area contributed by atoms with Crippen LogP contribution in [0.1, 0.15) is 25.3 Å². The van der Waals surface area contributed by atoms with E-state index in [1.54, 1.807) is 14.0 Å². The van der Waals surface area contributed by atoms with Crippen LogP contribution in [0.4, 0.5) is 0 Å². The Morgan fingerprint density at radius 3 is 2.70 bits per heavy atom. The zero-order chi connectivity index (χ0) is 16.9. The van der Waals surface area contributed by atoms with E-state index >= 15 is 0 Å². The second-order valence-corrected chi connectivity index (χ2v) is 6.18. The number of carbonyl (C=O) groups is 1. The standard InChI is InChI=1S/C17H25N3O3/c1-17(16(21)18-10-5-11-20(2)3)12-15(19-23-17)13-6-8-14(22-4)9-7-13/h6-9H,5,10-12H2,1-4H3,(H,18,21). The number of nitrogens with zero attached hydrogens (tertiary/aromatic N) is 2. The van der Waals surface area contributed by atoms with Crippen molar-refractivity contribution in [1.29, 1.82) is 0 Å². The van der Waals surface area contributed by atoms with Gasteiger partial charge in [-0.2, -0.15) is 0 Å². The highest BCUT2D eigenvalue weighted by Gasteiger charge is 2.41. The number of rotatable bonds is 7. The maximum absolute atomic E-state index is 12.3. The third kappa shape index (κ3) is 4.45. The highest BCUT2D eigenvalue weighted by atomic mass is 16.7. The fourth-order valence-corrected chi connectivity index (χ4v) is 2.38. The first-order chi connectivity index (χ1) is 10.9. The predicted molar refractivity (Wildman–Crippen MR) is 89.8 cm³/mol. The summed E-state index contributed by atoms with van der Waals surface area (Å²) in [6.45, 7) is 3.34. The number of amides is 1. The number of carbonyl (C=O) groups excluding carboxylic acids is 1. The van der Waals surface area contributed by atoms with Crippen molar-refractivity contribution >= 4 is 11.6 Å². The summed E-state index contributed by atoms with van der Waals surface area (Å²) in [6, 6.07) is 7.58. The summed E-state index contributed by atoms with van der Waals surface area (Å²) in [5.41, 5.74) is 0.779. The van der Waals surface area contributed by atoms with Gasteiger partial charge in [0, 0.05) is 13.0 Å². The highest BCUT2D eigenvalue weighted by Crippen LogP contribution is 2.27. The van der Waals surface area contributed by atoms with Gasteiger partial charge >= 0.3 is 0 Å². The maximum atomic E-state index is 12.3. The van der Waals surface area contributed by atoms with E-state index < -0.39 is 5.60 Å². The number of benzene rings is 1. The lowest BCUT2D eigenvalue weighted by Crippen LogP contribution is -2.45. The molecule has 2 rings (SSSR count). The summed E-state index contributed by atoms with van der Waals surface area (Å²) in [5, 5.41) is 7.03. The highest BCUT2D eigenvalue weighted by molar-refractivity contribution is 6.05. The average molecular weight is 319 g/mol. The molecule has 1 unspecified atom stereocenters. The quantitative estimate of drug-likeness (QED) is 0.776. The molecule has 0 saturated heterocycles. The largest absolute Gasteiger partial charge is 0.497 e. The summed E-state index contributed by atoms with van der Waals surface area (Å²) < 4.78 is 5.14. The van der Waals surface area contributed by atoms with E-state index in [0.29, 0.717) is 13.0 Å². The predicted octanol–water partition coefficient (Wildman–Crippen LogP) is 1.65. The molecule has 0 spiro atoms. The first-order valence-electron chi connectivity index (χ1n) is 7.77. The first kappa shape index (κ1) is 17.3. The molecule has 0 aromatic heterocycles. The van der Waals surface area contributed by atoms with Crippen LogP contribution in [-0.2, 0) is 9.63 Å². The van der Waals surface area contributed by atoms with Gasteiger partial charge < -0.3 is 19.8 Å². The van der Waals surface area contributed by atoms with Gasteiger partial charge in [-0.05, 0) is 63.8 Å². The van der Waals surface area contributed by atoms with Gasteiger partial charge in [0.1, 0.15) is 5.75 Å². The molecule has 1 N–H and O–H groups in total. The number of nitrogens with one attached hydrogen (secondary N) is 1. The summed E-state index contributed by atoms with van der Waals surface area (Å²) in [6.07, 6.45) is 1.36. The van der Waals surface area contributed by atoms with Crippen molar-refractivity contribution in [1.82, 2.24) is 10.2 Å². The first-order valence-corrected chi connectivity index (χ1v) is 7.77. The van der Waals surface area contributed by atoms with E-state index in [0.717, 1.165) is 30.0 Å². The van der Waals surface area contributed by atoms with Gasteiger partial charge in [-0.15, -0.1) is 0 Å². The minimum Gasteiger partial charge on any atom is -0.497 e. The van der Waals surface area contributed by atoms with E-state index in [4.69, 9.17) is 9.57 Å². The minimum atomic E-state index is -0.937. The molecule has 6 nitrogen and oxygen atoms in total. The van der Waals surface area contributed by atoms with E-state index in [1.807, 2.05) is 38.4 Å². The van der Waals surface area contributed by atoms with E-state index in [2.05, 4.69) is 15.4 Å². The third-order valence-electron chi connectivity index (χ3n) is 3.83. The Hall–Kier alpha value is -2.08. The molecule has 1 aromatic rings. The number of oxime groups is 1. The van der Waals surface area contributed by atoms with Crippen molar-refractivity contribution in [2.75, 3.05) is 34.3 Å². The lowest BCUT2D eigenvalue weighted by Gasteiger charge is -2.20. The molecule has 0 fully saturated rings. The Labute approximate surface area is 137 Å². The lowest BCUT2D eigenvalue weighted by atomic mass is 9.95. The third-order valence-corrected chi connectivity index (χ3v) is 3.83. The van der Waals surface area contributed by atoms with Gasteiger partial charge in [0.25, 0.3) is 5.91 Å². The Morgan fingerprint density at radius 2 is 2.09 bits per heavy atom. The molecule has 0 saturated carbocycles. The molecule has 23 heavy (non-hydrogen) atoms. The molecule has 0 aliphatic carbocycles. The maximum Gasteiger partial charge on any atom is 0.267 e. The Bertz CT molecular complexity index is 569. The zero-order valence-electron chi connectivity index (χ0n) is 14.3. The molecular formula is C17H25N3O3. The van der Waals surface area contributed by atoms with Crippen LogP contribution in [0, 0.1) is 0 Å². The Morgan fingerprint density at radius 1 is 1.39 bits per heavy atom. The number of ether oxygens (including phenoxy) is 1. The van der Waals surface area contributed by atoms with Gasteiger partial charge in [-0.25, -0.2) is 0 Å². The van der Waals surface area contributed by atoms with Crippen molar-refractivity contribution in [3.05, 3.63) is 29.8 Å². The van der Waals surface area contributed by atoms with E-state index in [9.17, 15) is 4.79 Å². The number of methoxy groups -OCH3 is 1. The fraction of sp³-hybridized carbons (Fsp3) is 0.529. The summed E-state index contributed by atoms with van der Waals surface area (Å²) in [5.74, 6) is 0.665. The van der Waals surface area contributed by atoms with Crippen LogP contribution in [0.5, 0.6) is 5.75 Å².